The molecule has 0 radical (unpaired) electrons. The summed E-state index contributed by atoms with van der Waals surface area (Å²) in [4.78, 5) is 25.7. The number of aryl methyl sites for hydroxylation is 2. The molecule has 4 fully saturated rings. The number of carbonyl (C=O) groups is 2. The fourth-order valence-electron chi connectivity index (χ4n) is 6.20. The van der Waals surface area contributed by atoms with Crippen molar-refractivity contribution in [3.8, 4) is 0 Å². The Kier molecular flexibility index (Phi) is 4.77. The molecule has 0 spiro atoms. The van der Waals surface area contributed by atoms with Crippen LogP contribution in [0.4, 0.5) is 0 Å². The number of benzene rings is 1. The van der Waals surface area contributed by atoms with Gasteiger partial charge in [-0.15, -0.1) is 0 Å². The molecule has 4 nitrogen and oxygen atoms in total. The van der Waals surface area contributed by atoms with Crippen molar-refractivity contribution >= 4 is 11.9 Å². The van der Waals surface area contributed by atoms with Crippen molar-refractivity contribution in [1.29, 1.82) is 0 Å². The standard InChI is InChI=1S/C23H31NO3/c1-14-4-5-16(6-15(14)2)10-20(21(25)27-3)24-22(26)23-11-17-7-18(12-23)9-19(8-17)13-23/h4-6,17-20H,7-13H2,1-3H3,(H,24,26)/t17?,18?,19?,20-,23?/m0/s1. The second-order valence-electron chi connectivity index (χ2n) is 9.37. The maximum atomic E-state index is 13.3. The maximum absolute atomic E-state index is 13.3. The molecule has 4 saturated carbocycles. The lowest BCUT2D eigenvalue weighted by molar-refractivity contribution is -0.152. The van der Waals surface area contributed by atoms with E-state index in [4.69, 9.17) is 4.74 Å². The van der Waals surface area contributed by atoms with Crippen molar-refractivity contribution in [2.45, 2.75) is 64.8 Å². The summed E-state index contributed by atoms with van der Waals surface area (Å²) in [6.45, 7) is 4.14. The number of rotatable bonds is 5. The van der Waals surface area contributed by atoms with Crippen molar-refractivity contribution in [3.63, 3.8) is 0 Å². The van der Waals surface area contributed by atoms with Crippen LogP contribution in [0.2, 0.25) is 0 Å². The van der Waals surface area contributed by atoms with Gasteiger partial charge in [-0.2, -0.15) is 0 Å². The monoisotopic (exact) mass is 369 g/mol. The van der Waals surface area contributed by atoms with Crippen molar-refractivity contribution < 1.29 is 14.3 Å². The number of hydrogen-bond acceptors (Lipinski definition) is 3. The van der Waals surface area contributed by atoms with E-state index in [1.54, 1.807) is 0 Å². The summed E-state index contributed by atoms with van der Waals surface area (Å²) in [7, 11) is 1.40. The molecular weight excluding hydrogens is 338 g/mol. The molecule has 1 N–H and O–H groups in total. The van der Waals surface area contributed by atoms with Crippen LogP contribution in [0, 0.1) is 37.0 Å². The number of hydrogen-bond donors (Lipinski definition) is 1. The molecule has 0 unspecified atom stereocenters. The minimum atomic E-state index is -0.613. The van der Waals surface area contributed by atoms with E-state index in [9.17, 15) is 9.59 Å². The number of carbonyl (C=O) groups excluding carboxylic acids is 2. The van der Waals surface area contributed by atoms with E-state index in [1.807, 2.05) is 6.07 Å². The molecule has 0 aromatic heterocycles. The van der Waals surface area contributed by atoms with Gasteiger partial charge in [-0.3, -0.25) is 4.79 Å². The van der Waals surface area contributed by atoms with Crippen LogP contribution in [0.3, 0.4) is 0 Å². The first-order valence-corrected chi connectivity index (χ1v) is 10.3. The molecular formula is C23H31NO3. The van der Waals surface area contributed by atoms with Crippen molar-refractivity contribution in [1.82, 2.24) is 5.32 Å². The molecule has 1 amide bonds. The molecule has 1 atom stereocenters. The Labute approximate surface area is 162 Å². The van der Waals surface area contributed by atoms with Gasteiger partial charge in [0.2, 0.25) is 5.91 Å². The van der Waals surface area contributed by atoms with Gasteiger partial charge >= 0.3 is 5.97 Å². The molecule has 4 aliphatic rings. The lowest BCUT2D eigenvalue weighted by atomic mass is 9.49. The van der Waals surface area contributed by atoms with Gasteiger partial charge in [0.05, 0.1) is 7.11 Å². The third kappa shape index (κ3) is 3.51. The number of esters is 1. The maximum Gasteiger partial charge on any atom is 0.328 e. The minimum Gasteiger partial charge on any atom is -0.467 e. The zero-order valence-electron chi connectivity index (χ0n) is 16.7. The summed E-state index contributed by atoms with van der Waals surface area (Å²) in [5.74, 6) is 1.85. The molecule has 4 heteroatoms. The molecule has 1 aromatic rings. The third-order valence-corrected chi connectivity index (χ3v) is 7.32. The fourth-order valence-corrected chi connectivity index (χ4v) is 6.20. The zero-order valence-corrected chi connectivity index (χ0v) is 16.7. The highest BCUT2D eigenvalue weighted by atomic mass is 16.5. The second-order valence-corrected chi connectivity index (χ2v) is 9.37. The zero-order chi connectivity index (χ0) is 19.2. The van der Waals surface area contributed by atoms with Gasteiger partial charge in [0.1, 0.15) is 6.04 Å². The first kappa shape index (κ1) is 18.5. The Morgan fingerprint density at radius 3 is 2.19 bits per heavy atom. The number of ether oxygens (including phenoxy) is 1. The first-order chi connectivity index (χ1) is 12.9. The summed E-state index contributed by atoms with van der Waals surface area (Å²) in [5, 5.41) is 3.09. The highest BCUT2D eigenvalue weighted by Gasteiger charge is 2.55. The SMILES string of the molecule is COC(=O)[C@H](Cc1ccc(C)c(C)c1)NC(=O)C12CC3CC(CC(C3)C1)C2. The molecule has 4 bridgehead atoms. The lowest BCUT2D eigenvalue weighted by Gasteiger charge is -2.55. The van der Waals surface area contributed by atoms with Gasteiger partial charge in [0.25, 0.3) is 0 Å². The molecule has 146 valence electrons. The minimum absolute atomic E-state index is 0.0841. The van der Waals surface area contributed by atoms with E-state index in [-0.39, 0.29) is 17.3 Å². The van der Waals surface area contributed by atoms with E-state index in [2.05, 4.69) is 31.3 Å². The molecule has 0 saturated heterocycles. The van der Waals surface area contributed by atoms with Crippen LogP contribution in [0.25, 0.3) is 0 Å². The fraction of sp³-hybridized carbons (Fsp3) is 0.652. The van der Waals surface area contributed by atoms with Gasteiger partial charge in [-0.05, 0) is 86.8 Å². The van der Waals surface area contributed by atoms with Gasteiger partial charge < -0.3 is 10.1 Å². The van der Waals surface area contributed by atoms with Crippen molar-refractivity contribution in [2.75, 3.05) is 7.11 Å². The van der Waals surface area contributed by atoms with Crippen LogP contribution >= 0.6 is 0 Å². The van der Waals surface area contributed by atoms with E-state index < -0.39 is 6.04 Å². The highest BCUT2D eigenvalue weighted by Crippen LogP contribution is 2.60. The summed E-state index contributed by atoms with van der Waals surface area (Å²) in [6.07, 6.45) is 7.39. The average Bonchev–Trinajstić information content (AvgIpc) is 2.62. The summed E-state index contributed by atoms with van der Waals surface area (Å²) >= 11 is 0. The van der Waals surface area contributed by atoms with Crippen LogP contribution < -0.4 is 5.32 Å². The van der Waals surface area contributed by atoms with E-state index in [1.165, 1.54) is 37.5 Å². The Morgan fingerprint density at radius 1 is 1.07 bits per heavy atom. The molecule has 4 aliphatic carbocycles. The van der Waals surface area contributed by atoms with Crippen molar-refractivity contribution in [3.05, 3.63) is 34.9 Å². The summed E-state index contributed by atoms with van der Waals surface area (Å²) in [6, 6.07) is 5.59. The normalized spacial score (nSPS) is 32.2. The topological polar surface area (TPSA) is 55.4 Å². The van der Waals surface area contributed by atoms with Gasteiger partial charge in [0, 0.05) is 11.8 Å². The Morgan fingerprint density at radius 2 is 1.67 bits per heavy atom. The molecule has 27 heavy (non-hydrogen) atoms. The van der Waals surface area contributed by atoms with Gasteiger partial charge in [0.15, 0.2) is 0 Å². The highest BCUT2D eigenvalue weighted by molar-refractivity contribution is 5.88. The third-order valence-electron chi connectivity index (χ3n) is 7.32. The molecule has 1 aromatic carbocycles. The van der Waals surface area contributed by atoms with Crippen LogP contribution in [-0.4, -0.2) is 25.0 Å². The van der Waals surface area contributed by atoms with Crippen molar-refractivity contribution in [2.24, 2.45) is 23.2 Å². The lowest BCUT2D eigenvalue weighted by Crippen LogP contribution is -2.56. The predicted octanol–water partition coefficient (Wildman–Crippen LogP) is 3.72. The predicted molar refractivity (Wildman–Crippen MR) is 104 cm³/mol. The smallest absolute Gasteiger partial charge is 0.328 e. The second kappa shape index (κ2) is 6.96. The molecule has 0 heterocycles. The Bertz CT molecular complexity index is 719. The summed E-state index contributed by atoms with van der Waals surface area (Å²) in [5.41, 5.74) is 3.23. The van der Waals surface area contributed by atoms with Crippen LogP contribution in [0.5, 0.6) is 0 Å². The van der Waals surface area contributed by atoms with Crippen LogP contribution in [0.15, 0.2) is 18.2 Å². The van der Waals surface area contributed by atoms with Gasteiger partial charge in [-0.1, -0.05) is 18.2 Å². The van der Waals surface area contributed by atoms with E-state index >= 15 is 0 Å². The number of methoxy groups -OCH3 is 1. The largest absolute Gasteiger partial charge is 0.467 e. The number of amides is 1. The Balaban J connectivity index is 1.50. The molecule has 5 rings (SSSR count). The molecule has 0 aliphatic heterocycles. The van der Waals surface area contributed by atoms with Crippen LogP contribution in [-0.2, 0) is 20.7 Å². The Hall–Kier alpha value is -1.84. The van der Waals surface area contributed by atoms with E-state index in [0.717, 1.165) is 24.8 Å². The summed E-state index contributed by atoms with van der Waals surface area (Å²) < 4.78 is 5.00. The average molecular weight is 370 g/mol. The van der Waals surface area contributed by atoms with Gasteiger partial charge in [-0.25, -0.2) is 4.79 Å². The first-order valence-electron chi connectivity index (χ1n) is 10.3. The van der Waals surface area contributed by atoms with E-state index in [0.29, 0.717) is 24.2 Å². The number of nitrogens with one attached hydrogen (secondary N) is 1. The van der Waals surface area contributed by atoms with Crippen LogP contribution in [0.1, 0.15) is 55.2 Å². The quantitative estimate of drug-likeness (QED) is 0.805.